The summed E-state index contributed by atoms with van der Waals surface area (Å²) in [4.78, 5) is 15.6. The Morgan fingerprint density at radius 2 is 2.12 bits per heavy atom. The fraction of sp³-hybridized carbons (Fsp3) is 0.500. The lowest BCUT2D eigenvalue weighted by atomic mass is 10.1. The van der Waals surface area contributed by atoms with Crippen molar-refractivity contribution in [1.82, 2.24) is 5.16 Å². The molecule has 3 rings (SSSR count). The Kier molecular flexibility index (Phi) is 5.09. The van der Waals surface area contributed by atoms with E-state index in [1.165, 1.54) is 11.3 Å². The second kappa shape index (κ2) is 7.28. The minimum Gasteiger partial charge on any atom is -0.361 e. The fourth-order valence-electron chi connectivity index (χ4n) is 3.43. The fourth-order valence-corrected chi connectivity index (χ4v) is 4.69. The molecule has 25 heavy (non-hydrogen) atoms. The van der Waals surface area contributed by atoms with Crippen molar-refractivity contribution < 1.29 is 9.32 Å². The van der Waals surface area contributed by atoms with Gasteiger partial charge < -0.3 is 14.7 Å². The number of likely N-dealkylation sites (N-methyl/N-ethyl adjacent to an activating group) is 1. The van der Waals surface area contributed by atoms with Crippen molar-refractivity contribution in [2.24, 2.45) is 0 Å². The third-order valence-electron chi connectivity index (χ3n) is 4.54. The van der Waals surface area contributed by atoms with Crippen LogP contribution < -0.4 is 10.2 Å². The van der Waals surface area contributed by atoms with E-state index in [0.29, 0.717) is 16.3 Å². The third kappa shape index (κ3) is 3.54. The van der Waals surface area contributed by atoms with E-state index in [-0.39, 0.29) is 12.5 Å². The lowest BCUT2D eigenvalue weighted by molar-refractivity contribution is -0.114. The molecule has 0 atom stereocenters. The number of nitrogens with one attached hydrogen (secondary N) is 1. The summed E-state index contributed by atoms with van der Waals surface area (Å²) in [5.74, 6) is 0.545. The van der Waals surface area contributed by atoms with Gasteiger partial charge in [-0.15, -0.1) is 11.3 Å². The van der Waals surface area contributed by atoms with Gasteiger partial charge in [-0.25, -0.2) is 0 Å². The first kappa shape index (κ1) is 17.5. The molecule has 1 amide bonds. The molecular weight excluding hydrogens is 336 g/mol. The number of hydrogen-bond donors (Lipinski definition) is 1. The van der Waals surface area contributed by atoms with Crippen molar-refractivity contribution in [2.45, 2.75) is 46.0 Å². The predicted molar refractivity (Wildman–Crippen MR) is 98.2 cm³/mol. The molecule has 2 aromatic rings. The van der Waals surface area contributed by atoms with Crippen molar-refractivity contribution in [1.29, 1.82) is 5.26 Å². The van der Waals surface area contributed by atoms with Crippen molar-refractivity contribution in [2.75, 3.05) is 23.8 Å². The Hall–Kier alpha value is -2.33. The van der Waals surface area contributed by atoms with Gasteiger partial charge >= 0.3 is 0 Å². The maximum absolute atomic E-state index is 12.5. The van der Waals surface area contributed by atoms with E-state index >= 15 is 0 Å². The molecule has 132 valence electrons. The van der Waals surface area contributed by atoms with Crippen molar-refractivity contribution >= 4 is 27.9 Å². The van der Waals surface area contributed by atoms with Crippen LogP contribution in [0.25, 0.3) is 0 Å². The lowest BCUT2D eigenvalue weighted by Gasteiger charge is -2.17. The second-order valence-corrected chi connectivity index (χ2v) is 7.56. The monoisotopic (exact) mass is 358 g/mol. The Morgan fingerprint density at radius 3 is 2.80 bits per heavy atom. The SMILES string of the molecule is Cc1noc(C)c1N(C)CC(=O)Nc1sc2c(c1C#N)CCCCC2. The van der Waals surface area contributed by atoms with Crippen molar-refractivity contribution in [3.63, 3.8) is 0 Å². The van der Waals surface area contributed by atoms with E-state index in [0.717, 1.165) is 42.6 Å². The quantitative estimate of drug-likeness (QED) is 0.845. The number of nitriles is 1. The molecule has 1 aliphatic rings. The molecule has 1 N–H and O–H groups in total. The van der Waals surface area contributed by atoms with E-state index < -0.39 is 0 Å². The van der Waals surface area contributed by atoms with Gasteiger partial charge in [0, 0.05) is 11.9 Å². The van der Waals surface area contributed by atoms with Crippen LogP contribution in [0.2, 0.25) is 0 Å². The van der Waals surface area contributed by atoms with Crippen molar-refractivity contribution in [3.8, 4) is 6.07 Å². The molecule has 0 saturated heterocycles. The molecule has 0 spiro atoms. The zero-order valence-corrected chi connectivity index (χ0v) is 15.6. The first-order valence-electron chi connectivity index (χ1n) is 8.49. The highest BCUT2D eigenvalue weighted by molar-refractivity contribution is 7.16. The van der Waals surface area contributed by atoms with Gasteiger partial charge in [-0.1, -0.05) is 11.6 Å². The van der Waals surface area contributed by atoms with Gasteiger partial charge in [0.2, 0.25) is 5.91 Å². The smallest absolute Gasteiger partial charge is 0.244 e. The maximum Gasteiger partial charge on any atom is 0.244 e. The van der Waals surface area contributed by atoms with Crippen molar-refractivity contribution in [3.05, 3.63) is 27.5 Å². The van der Waals surface area contributed by atoms with Crippen LogP contribution in [0, 0.1) is 25.2 Å². The number of fused-ring (bicyclic) bond motifs is 1. The van der Waals surface area contributed by atoms with E-state index in [1.54, 1.807) is 11.3 Å². The molecule has 7 heteroatoms. The average Bonchev–Trinajstić information content (AvgIpc) is 2.96. The number of rotatable bonds is 4. The van der Waals surface area contributed by atoms with Gasteiger partial charge in [-0.3, -0.25) is 4.79 Å². The number of anilines is 2. The summed E-state index contributed by atoms with van der Waals surface area (Å²) in [6, 6.07) is 2.29. The molecule has 0 bridgehead atoms. The summed E-state index contributed by atoms with van der Waals surface area (Å²) >= 11 is 1.56. The lowest BCUT2D eigenvalue weighted by Crippen LogP contribution is -2.30. The molecule has 2 aromatic heterocycles. The Labute approximate surface area is 151 Å². The van der Waals surface area contributed by atoms with Crippen LogP contribution in [-0.4, -0.2) is 24.7 Å². The van der Waals surface area contributed by atoms with Gasteiger partial charge in [-0.2, -0.15) is 5.26 Å². The number of amides is 1. The molecule has 2 heterocycles. The zero-order valence-electron chi connectivity index (χ0n) is 14.8. The van der Waals surface area contributed by atoms with Gasteiger partial charge in [0.05, 0.1) is 12.1 Å². The first-order valence-corrected chi connectivity index (χ1v) is 9.31. The summed E-state index contributed by atoms with van der Waals surface area (Å²) in [5.41, 5.74) is 3.38. The molecule has 0 saturated carbocycles. The molecule has 1 aliphatic carbocycles. The highest BCUT2D eigenvalue weighted by Gasteiger charge is 2.22. The molecule has 0 fully saturated rings. The number of thiophene rings is 1. The molecule has 0 unspecified atom stereocenters. The molecule has 0 aromatic carbocycles. The van der Waals surface area contributed by atoms with Gasteiger partial charge in [0.1, 0.15) is 22.5 Å². The topological polar surface area (TPSA) is 82.2 Å². The Morgan fingerprint density at radius 1 is 1.36 bits per heavy atom. The first-order chi connectivity index (χ1) is 12.0. The minimum atomic E-state index is -0.143. The second-order valence-electron chi connectivity index (χ2n) is 6.46. The highest BCUT2D eigenvalue weighted by atomic mass is 32.1. The molecular formula is C18H22N4O2S. The van der Waals surface area contributed by atoms with Crippen LogP contribution in [0.4, 0.5) is 10.7 Å². The zero-order chi connectivity index (χ0) is 18.0. The largest absolute Gasteiger partial charge is 0.361 e. The van der Waals surface area contributed by atoms with Crippen LogP contribution >= 0.6 is 11.3 Å². The number of aryl methyl sites for hydroxylation is 3. The number of aromatic nitrogens is 1. The van der Waals surface area contributed by atoms with Crippen LogP contribution in [-0.2, 0) is 17.6 Å². The van der Waals surface area contributed by atoms with Gasteiger partial charge in [-0.05, 0) is 45.1 Å². The van der Waals surface area contributed by atoms with Gasteiger partial charge in [0.25, 0.3) is 0 Å². The predicted octanol–water partition coefficient (Wildman–Crippen LogP) is 3.57. The summed E-state index contributed by atoms with van der Waals surface area (Å²) in [7, 11) is 1.83. The summed E-state index contributed by atoms with van der Waals surface area (Å²) < 4.78 is 5.16. The van der Waals surface area contributed by atoms with Crippen LogP contribution in [0.1, 0.15) is 46.7 Å². The molecule has 6 nitrogen and oxygen atoms in total. The van der Waals surface area contributed by atoms with E-state index in [4.69, 9.17) is 4.52 Å². The molecule has 0 radical (unpaired) electrons. The normalized spacial score (nSPS) is 13.7. The average molecular weight is 358 g/mol. The van der Waals surface area contributed by atoms with Crippen LogP contribution in [0.5, 0.6) is 0 Å². The minimum absolute atomic E-state index is 0.143. The standard InChI is InChI=1S/C18H22N4O2S/c1-11-17(12(2)24-21-11)22(3)10-16(23)20-18-14(9-19)13-7-5-4-6-8-15(13)25-18/h4-8,10H2,1-3H3,(H,20,23). The van der Waals surface area contributed by atoms with Crippen LogP contribution in [0.15, 0.2) is 4.52 Å². The molecule has 0 aliphatic heterocycles. The van der Waals surface area contributed by atoms with Gasteiger partial charge in [0.15, 0.2) is 5.76 Å². The highest BCUT2D eigenvalue weighted by Crippen LogP contribution is 2.37. The third-order valence-corrected chi connectivity index (χ3v) is 5.75. The van der Waals surface area contributed by atoms with E-state index in [2.05, 4.69) is 16.5 Å². The van der Waals surface area contributed by atoms with Crippen LogP contribution in [0.3, 0.4) is 0 Å². The number of carbonyl (C=O) groups is 1. The Bertz CT molecular complexity index is 811. The maximum atomic E-state index is 12.5. The number of carbonyl (C=O) groups excluding carboxylic acids is 1. The van der Waals surface area contributed by atoms with E-state index in [9.17, 15) is 10.1 Å². The summed E-state index contributed by atoms with van der Waals surface area (Å²) in [6.07, 6.45) is 5.41. The number of nitrogens with zero attached hydrogens (tertiary/aromatic N) is 3. The Balaban J connectivity index is 1.74. The van der Waals surface area contributed by atoms with E-state index in [1.807, 2.05) is 25.8 Å². The number of hydrogen-bond acceptors (Lipinski definition) is 6. The summed E-state index contributed by atoms with van der Waals surface area (Å²) in [5, 5.41) is 17.1. The summed E-state index contributed by atoms with van der Waals surface area (Å²) in [6.45, 7) is 3.86.